The molecule has 0 saturated carbocycles. The van der Waals surface area contributed by atoms with E-state index < -0.39 is 0 Å². The fourth-order valence-electron chi connectivity index (χ4n) is 1.35. The average molecular weight is 196 g/mol. The minimum Gasteiger partial charge on any atom is -0.425 e. The molecule has 1 aromatic heterocycles. The van der Waals surface area contributed by atoms with Crippen molar-refractivity contribution in [1.82, 2.24) is 9.71 Å². The first kappa shape index (κ1) is 10.8. The van der Waals surface area contributed by atoms with Gasteiger partial charge in [0.15, 0.2) is 0 Å². The van der Waals surface area contributed by atoms with Gasteiger partial charge >= 0.3 is 5.56 Å². The Hall–Kier alpha value is -1.32. The standard InChI is InChI=1S/C10H16N2O2/c1-3-5-8-7-11-9(6-4-2)10(13)12(8)14/h7,14H,3-6H2,1-2H3. The molecule has 0 spiro atoms. The fraction of sp³-hybridized carbons (Fsp3) is 0.600. The van der Waals surface area contributed by atoms with E-state index in [1.807, 2.05) is 13.8 Å². The molecule has 78 valence electrons. The Morgan fingerprint density at radius 2 is 2.00 bits per heavy atom. The zero-order valence-corrected chi connectivity index (χ0v) is 8.66. The van der Waals surface area contributed by atoms with Gasteiger partial charge in [-0.25, -0.2) is 0 Å². The lowest BCUT2D eigenvalue weighted by atomic mass is 10.2. The molecule has 0 unspecified atom stereocenters. The number of aryl methyl sites for hydroxylation is 2. The van der Waals surface area contributed by atoms with Crippen LogP contribution in [0.15, 0.2) is 11.0 Å². The van der Waals surface area contributed by atoms with Crippen LogP contribution in [-0.2, 0) is 12.8 Å². The summed E-state index contributed by atoms with van der Waals surface area (Å²) in [7, 11) is 0. The maximum atomic E-state index is 11.5. The summed E-state index contributed by atoms with van der Waals surface area (Å²) in [6.07, 6.45) is 4.61. The molecular formula is C10H16N2O2. The maximum Gasteiger partial charge on any atom is 0.304 e. The smallest absolute Gasteiger partial charge is 0.304 e. The molecule has 0 aromatic carbocycles. The molecule has 0 bridgehead atoms. The molecular weight excluding hydrogens is 180 g/mol. The fourth-order valence-corrected chi connectivity index (χ4v) is 1.35. The Balaban J connectivity index is 3.06. The topological polar surface area (TPSA) is 55.1 Å². The number of aromatic nitrogens is 2. The predicted molar refractivity (Wildman–Crippen MR) is 53.7 cm³/mol. The second kappa shape index (κ2) is 4.79. The Labute approximate surface area is 83.2 Å². The van der Waals surface area contributed by atoms with Crippen LogP contribution in [0.3, 0.4) is 0 Å². The zero-order chi connectivity index (χ0) is 10.6. The summed E-state index contributed by atoms with van der Waals surface area (Å²) in [4.78, 5) is 15.6. The summed E-state index contributed by atoms with van der Waals surface area (Å²) in [5.74, 6) is 0. The van der Waals surface area contributed by atoms with Crippen molar-refractivity contribution in [3.63, 3.8) is 0 Å². The van der Waals surface area contributed by atoms with E-state index in [-0.39, 0.29) is 5.56 Å². The minimum absolute atomic E-state index is 0.377. The first-order valence-electron chi connectivity index (χ1n) is 4.99. The summed E-state index contributed by atoms with van der Waals surface area (Å²) >= 11 is 0. The van der Waals surface area contributed by atoms with Crippen LogP contribution in [0.4, 0.5) is 0 Å². The Bertz CT molecular complexity index is 358. The van der Waals surface area contributed by atoms with Crippen molar-refractivity contribution in [1.29, 1.82) is 0 Å². The molecule has 0 aliphatic carbocycles. The van der Waals surface area contributed by atoms with Gasteiger partial charge in [-0.05, 0) is 12.8 Å². The lowest BCUT2D eigenvalue weighted by Gasteiger charge is -2.05. The summed E-state index contributed by atoms with van der Waals surface area (Å²) in [6, 6.07) is 0. The molecule has 4 heteroatoms. The van der Waals surface area contributed by atoms with Gasteiger partial charge in [-0.1, -0.05) is 26.7 Å². The van der Waals surface area contributed by atoms with E-state index in [4.69, 9.17) is 0 Å². The van der Waals surface area contributed by atoms with Crippen LogP contribution in [0.1, 0.15) is 38.1 Å². The van der Waals surface area contributed by atoms with Gasteiger partial charge in [-0.15, -0.1) is 4.73 Å². The Morgan fingerprint density at radius 1 is 1.36 bits per heavy atom. The second-order valence-electron chi connectivity index (χ2n) is 3.31. The third-order valence-corrected chi connectivity index (χ3v) is 2.07. The summed E-state index contributed by atoms with van der Waals surface area (Å²) in [6.45, 7) is 3.97. The third-order valence-electron chi connectivity index (χ3n) is 2.07. The molecule has 0 saturated heterocycles. The van der Waals surface area contributed by atoms with Crippen molar-refractivity contribution in [2.24, 2.45) is 0 Å². The lowest BCUT2D eigenvalue weighted by Crippen LogP contribution is -2.26. The molecule has 0 fully saturated rings. The highest BCUT2D eigenvalue weighted by Crippen LogP contribution is 1.99. The molecule has 1 heterocycles. The highest BCUT2D eigenvalue weighted by molar-refractivity contribution is 5.04. The minimum atomic E-state index is -0.377. The van der Waals surface area contributed by atoms with Crippen molar-refractivity contribution >= 4 is 0 Å². The van der Waals surface area contributed by atoms with Crippen LogP contribution in [0, 0.1) is 0 Å². The molecule has 4 nitrogen and oxygen atoms in total. The highest BCUT2D eigenvalue weighted by Gasteiger charge is 2.07. The van der Waals surface area contributed by atoms with E-state index in [0.717, 1.165) is 17.6 Å². The predicted octanol–water partition coefficient (Wildman–Crippen LogP) is 1.39. The largest absolute Gasteiger partial charge is 0.425 e. The average Bonchev–Trinajstić information content (AvgIpc) is 2.18. The van der Waals surface area contributed by atoms with Gasteiger partial charge in [0.05, 0.1) is 11.9 Å². The monoisotopic (exact) mass is 196 g/mol. The number of rotatable bonds is 4. The van der Waals surface area contributed by atoms with Gasteiger partial charge in [0.1, 0.15) is 5.69 Å². The molecule has 1 aromatic rings. The van der Waals surface area contributed by atoms with Crippen LogP contribution in [0.25, 0.3) is 0 Å². The van der Waals surface area contributed by atoms with Crippen LogP contribution >= 0.6 is 0 Å². The first-order chi connectivity index (χ1) is 6.70. The molecule has 14 heavy (non-hydrogen) atoms. The Kier molecular flexibility index (Phi) is 3.68. The van der Waals surface area contributed by atoms with Gasteiger partial charge in [-0.2, -0.15) is 0 Å². The number of hydrogen-bond acceptors (Lipinski definition) is 3. The van der Waals surface area contributed by atoms with Gasteiger partial charge in [-0.3, -0.25) is 9.78 Å². The van der Waals surface area contributed by atoms with Gasteiger partial charge < -0.3 is 5.21 Å². The van der Waals surface area contributed by atoms with E-state index in [1.54, 1.807) is 6.20 Å². The van der Waals surface area contributed by atoms with Gasteiger partial charge in [0.25, 0.3) is 0 Å². The molecule has 1 rings (SSSR count). The van der Waals surface area contributed by atoms with Crippen molar-refractivity contribution in [2.75, 3.05) is 0 Å². The molecule has 0 atom stereocenters. The Morgan fingerprint density at radius 3 is 2.57 bits per heavy atom. The van der Waals surface area contributed by atoms with Crippen LogP contribution in [-0.4, -0.2) is 14.9 Å². The van der Waals surface area contributed by atoms with Crippen LogP contribution in [0.5, 0.6) is 0 Å². The van der Waals surface area contributed by atoms with Crippen molar-refractivity contribution in [3.8, 4) is 0 Å². The molecule has 0 aliphatic rings. The second-order valence-corrected chi connectivity index (χ2v) is 3.31. The number of nitrogens with zero attached hydrogens (tertiary/aromatic N) is 2. The van der Waals surface area contributed by atoms with Crippen LogP contribution < -0.4 is 5.56 Å². The zero-order valence-electron chi connectivity index (χ0n) is 8.66. The van der Waals surface area contributed by atoms with E-state index >= 15 is 0 Å². The molecule has 0 amide bonds. The van der Waals surface area contributed by atoms with E-state index in [1.165, 1.54) is 0 Å². The lowest BCUT2D eigenvalue weighted by molar-refractivity contribution is 0.162. The summed E-state index contributed by atoms with van der Waals surface area (Å²) in [5, 5.41) is 9.50. The summed E-state index contributed by atoms with van der Waals surface area (Å²) < 4.78 is 0.724. The molecule has 0 aliphatic heterocycles. The van der Waals surface area contributed by atoms with E-state index in [2.05, 4.69) is 4.98 Å². The number of hydrogen-bond donors (Lipinski definition) is 1. The van der Waals surface area contributed by atoms with Crippen molar-refractivity contribution in [3.05, 3.63) is 27.9 Å². The first-order valence-corrected chi connectivity index (χ1v) is 4.99. The normalized spacial score (nSPS) is 10.4. The van der Waals surface area contributed by atoms with Crippen LogP contribution in [0.2, 0.25) is 0 Å². The summed E-state index contributed by atoms with van der Waals surface area (Å²) in [5.41, 5.74) is 0.644. The SMILES string of the molecule is CCCc1ncc(CCC)n(O)c1=O. The maximum absolute atomic E-state index is 11.5. The quantitative estimate of drug-likeness (QED) is 0.740. The molecule has 1 N–H and O–H groups in total. The van der Waals surface area contributed by atoms with Crippen molar-refractivity contribution in [2.45, 2.75) is 39.5 Å². The van der Waals surface area contributed by atoms with E-state index in [9.17, 15) is 10.0 Å². The van der Waals surface area contributed by atoms with Gasteiger partial charge in [0, 0.05) is 0 Å². The van der Waals surface area contributed by atoms with E-state index in [0.29, 0.717) is 24.2 Å². The van der Waals surface area contributed by atoms with Gasteiger partial charge in [0.2, 0.25) is 0 Å². The molecule has 0 radical (unpaired) electrons. The third kappa shape index (κ3) is 2.13. The highest BCUT2D eigenvalue weighted by atomic mass is 16.5. The van der Waals surface area contributed by atoms with Crippen molar-refractivity contribution < 1.29 is 5.21 Å².